The molecule has 1 saturated carbocycles. The van der Waals surface area contributed by atoms with Crippen molar-refractivity contribution in [3.63, 3.8) is 0 Å². The molecule has 1 amide bonds. The summed E-state index contributed by atoms with van der Waals surface area (Å²) in [6.45, 7) is 4.55. The van der Waals surface area contributed by atoms with Crippen LogP contribution in [0, 0.1) is 5.82 Å². The van der Waals surface area contributed by atoms with Gasteiger partial charge in [-0.1, -0.05) is 30.7 Å². The normalized spacial score (nSPS) is 13.9. The molecule has 1 aliphatic rings. The third kappa shape index (κ3) is 6.10. The number of esters is 1. The molecule has 1 N–H and O–H groups in total. The monoisotopic (exact) mass is 449 g/mol. The summed E-state index contributed by atoms with van der Waals surface area (Å²) in [6.07, 6.45) is 1.31. The van der Waals surface area contributed by atoms with Crippen LogP contribution in [0.3, 0.4) is 0 Å². The van der Waals surface area contributed by atoms with Crippen molar-refractivity contribution in [2.45, 2.75) is 45.3 Å². The number of carbonyl (C=O) groups is 2. The summed E-state index contributed by atoms with van der Waals surface area (Å²) >= 11 is 6.33. The minimum Gasteiger partial charge on any atom is -0.490 e. The molecule has 0 spiro atoms. The van der Waals surface area contributed by atoms with E-state index >= 15 is 0 Å². The standard InChI is InChI=1S/C23H25ClFNO5/c1-3-11-30-21-18(24)12-15(13-19(21)29-4-2)23(28)31-20(22(27)26-17-9-10-17)14-5-7-16(25)8-6-14/h5-8,12-13,17,20H,3-4,9-11H2,1-2H3,(H,26,27)/t20-/m0/s1. The van der Waals surface area contributed by atoms with Gasteiger partial charge in [0.25, 0.3) is 5.91 Å². The molecule has 2 aromatic carbocycles. The van der Waals surface area contributed by atoms with Crippen LogP contribution in [0.5, 0.6) is 11.5 Å². The molecule has 0 saturated heterocycles. The van der Waals surface area contributed by atoms with E-state index in [1.807, 2.05) is 6.92 Å². The van der Waals surface area contributed by atoms with Crippen LogP contribution in [0.1, 0.15) is 55.1 Å². The minimum absolute atomic E-state index is 0.0724. The Hall–Kier alpha value is -2.80. The second-order valence-corrected chi connectivity index (χ2v) is 7.59. The topological polar surface area (TPSA) is 73.9 Å². The van der Waals surface area contributed by atoms with Gasteiger partial charge in [0, 0.05) is 11.6 Å². The molecular formula is C23H25ClFNO5. The molecule has 166 valence electrons. The van der Waals surface area contributed by atoms with Crippen LogP contribution in [-0.4, -0.2) is 31.1 Å². The van der Waals surface area contributed by atoms with E-state index in [0.29, 0.717) is 30.3 Å². The van der Waals surface area contributed by atoms with Crippen molar-refractivity contribution in [3.05, 3.63) is 58.4 Å². The van der Waals surface area contributed by atoms with Crippen LogP contribution in [0.25, 0.3) is 0 Å². The van der Waals surface area contributed by atoms with Gasteiger partial charge in [-0.2, -0.15) is 0 Å². The molecule has 6 nitrogen and oxygen atoms in total. The van der Waals surface area contributed by atoms with Gasteiger partial charge in [0.15, 0.2) is 11.5 Å². The summed E-state index contributed by atoms with van der Waals surface area (Å²) in [5.41, 5.74) is 0.482. The first-order valence-electron chi connectivity index (χ1n) is 10.3. The van der Waals surface area contributed by atoms with E-state index in [4.69, 9.17) is 25.8 Å². The Kier molecular flexibility index (Phi) is 7.74. The Bertz CT molecular complexity index is 930. The van der Waals surface area contributed by atoms with Crippen LogP contribution in [-0.2, 0) is 9.53 Å². The van der Waals surface area contributed by atoms with E-state index in [1.165, 1.54) is 36.4 Å². The van der Waals surface area contributed by atoms with Crippen LogP contribution in [0.15, 0.2) is 36.4 Å². The summed E-state index contributed by atoms with van der Waals surface area (Å²) in [7, 11) is 0. The van der Waals surface area contributed by atoms with Gasteiger partial charge in [-0.05, 0) is 50.5 Å². The first-order valence-corrected chi connectivity index (χ1v) is 10.7. The SMILES string of the molecule is CCCOc1c(Cl)cc(C(=O)O[C@H](C(=O)NC2CC2)c2ccc(F)cc2)cc1OCC. The molecule has 1 fully saturated rings. The lowest BCUT2D eigenvalue weighted by Gasteiger charge is -2.19. The number of hydrogen-bond acceptors (Lipinski definition) is 5. The Morgan fingerprint density at radius 2 is 1.87 bits per heavy atom. The van der Waals surface area contributed by atoms with E-state index in [1.54, 1.807) is 6.92 Å². The highest BCUT2D eigenvalue weighted by Gasteiger charge is 2.31. The Morgan fingerprint density at radius 1 is 1.16 bits per heavy atom. The number of halogens is 2. The fraction of sp³-hybridized carbons (Fsp3) is 0.391. The molecular weight excluding hydrogens is 425 g/mol. The molecule has 0 aromatic heterocycles. The number of nitrogens with one attached hydrogen (secondary N) is 1. The molecule has 0 bridgehead atoms. The van der Waals surface area contributed by atoms with Crippen molar-refractivity contribution in [2.75, 3.05) is 13.2 Å². The van der Waals surface area contributed by atoms with Gasteiger partial charge in [-0.15, -0.1) is 0 Å². The van der Waals surface area contributed by atoms with Gasteiger partial charge in [0.05, 0.1) is 23.8 Å². The van der Waals surface area contributed by atoms with E-state index in [9.17, 15) is 14.0 Å². The maximum Gasteiger partial charge on any atom is 0.339 e. The van der Waals surface area contributed by atoms with E-state index in [0.717, 1.165) is 19.3 Å². The lowest BCUT2D eigenvalue weighted by molar-refractivity contribution is -0.130. The number of benzene rings is 2. The second-order valence-electron chi connectivity index (χ2n) is 7.19. The van der Waals surface area contributed by atoms with Crippen LogP contribution in [0.4, 0.5) is 4.39 Å². The average molecular weight is 450 g/mol. The van der Waals surface area contributed by atoms with E-state index < -0.39 is 23.8 Å². The predicted molar refractivity (Wildman–Crippen MR) is 114 cm³/mol. The third-order valence-electron chi connectivity index (χ3n) is 4.56. The molecule has 3 rings (SSSR count). The fourth-order valence-corrected chi connectivity index (χ4v) is 3.15. The number of rotatable bonds is 10. The van der Waals surface area contributed by atoms with Crippen molar-refractivity contribution in [1.82, 2.24) is 5.32 Å². The maximum atomic E-state index is 13.3. The highest BCUT2D eigenvalue weighted by Crippen LogP contribution is 2.37. The lowest BCUT2D eigenvalue weighted by Crippen LogP contribution is -2.33. The first kappa shape index (κ1) is 22.9. The zero-order chi connectivity index (χ0) is 22.4. The van der Waals surface area contributed by atoms with E-state index in [-0.39, 0.29) is 16.6 Å². The largest absolute Gasteiger partial charge is 0.490 e. The quantitative estimate of drug-likeness (QED) is 0.525. The Labute approximate surface area is 185 Å². The zero-order valence-corrected chi connectivity index (χ0v) is 18.2. The van der Waals surface area contributed by atoms with Crippen LogP contribution >= 0.6 is 11.6 Å². The summed E-state index contributed by atoms with van der Waals surface area (Å²) in [5, 5.41) is 3.02. The molecule has 1 atom stereocenters. The zero-order valence-electron chi connectivity index (χ0n) is 17.5. The summed E-state index contributed by atoms with van der Waals surface area (Å²) in [6, 6.07) is 8.22. The molecule has 0 unspecified atom stereocenters. The van der Waals surface area contributed by atoms with Gasteiger partial charge in [0.2, 0.25) is 6.10 Å². The minimum atomic E-state index is -1.22. The molecule has 0 heterocycles. The van der Waals surface area contributed by atoms with Gasteiger partial charge >= 0.3 is 5.97 Å². The van der Waals surface area contributed by atoms with Crippen LogP contribution < -0.4 is 14.8 Å². The maximum absolute atomic E-state index is 13.3. The van der Waals surface area contributed by atoms with Crippen molar-refractivity contribution in [3.8, 4) is 11.5 Å². The number of ether oxygens (including phenoxy) is 3. The third-order valence-corrected chi connectivity index (χ3v) is 4.84. The highest BCUT2D eigenvalue weighted by molar-refractivity contribution is 6.32. The predicted octanol–water partition coefficient (Wildman–Crippen LogP) is 4.84. The Morgan fingerprint density at radius 3 is 2.48 bits per heavy atom. The molecule has 1 aliphatic carbocycles. The van der Waals surface area contributed by atoms with Gasteiger partial charge in [-0.3, -0.25) is 4.79 Å². The first-order chi connectivity index (χ1) is 14.9. The van der Waals surface area contributed by atoms with Crippen molar-refractivity contribution < 1.29 is 28.2 Å². The number of amides is 1. The van der Waals surface area contributed by atoms with Gasteiger partial charge < -0.3 is 19.5 Å². The number of hydrogen-bond donors (Lipinski definition) is 1. The van der Waals surface area contributed by atoms with Crippen molar-refractivity contribution in [1.29, 1.82) is 0 Å². The van der Waals surface area contributed by atoms with Gasteiger partial charge in [-0.25, -0.2) is 9.18 Å². The number of carbonyl (C=O) groups excluding carboxylic acids is 2. The molecule has 0 aliphatic heterocycles. The van der Waals surface area contributed by atoms with E-state index in [2.05, 4.69) is 5.32 Å². The fourth-order valence-electron chi connectivity index (χ4n) is 2.88. The van der Waals surface area contributed by atoms with Gasteiger partial charge in [0.1, 0.15) is 5.82 Å². The van der Waals surface area contributed by atoms with Crippen LogP contribution in [0.2, 0.25) is 5.02 Å². The summed E-state index contributed by atoms with van der Waals surface area (Å²) in [4.78, 5) is 25.6. The summed E-state index contributed by atoms with van der Waals surface area (Å²) in [5.74, 6) is -1.00. The molecule has 31 heavy (non-hydrogen) atoms. The smallest absolute Gasteiger partial charge is 0.339 e. The average Bonchev–Trinajstić information content (AvgIpc) is 3.56. The molecule has 0 radical (unpaired) electrons. The second kappa shape index (κ2) is 10.5. The molecule has 8 heteroatoms. The lowest BCUT2D eigenvalue weighted by atomic mass is 10.1. The van der Waals surface area contributed by atoms with Crippen molar-refractivity contribution in [2.24, 2.45) is 0 Å². The summed E-state index contributed by atoms with van der Waals surface area (Å²) < 4.78 is 30.1. The highest BCUT2D eigenvalue weighted by atomic mass is 35.5. The molecule has 2 aromatic rings. The van der Waals surface area contributed by atoms with Crippen molar-refractivity contribution >= 4 is 23.5 Å². The Balaban J connectivity index is 1.86.